The molecule has 0 aromatic carbocycles. The second-order valence-corrected chi connectivity index (χ2v) is 4.02. The molecule has 7 nitrogen and oxygen atoms in total. The number of amides is 2. The Labute approximate surface area is 107 Å². The van der Waals surface area contributed by atoms with Gasteiger partial charge in [-0.1, -0.05) is 0 Å². The number of aromatic nitrogens is 2. The molecule has 7 heteroatoms. The largest absolute Gasteiger partial charge is 0.368 e. The molecule has 1 rings (SSSR count). The van der Waals surface area contributed by atoms with E-state index in [0.29, 0.717) is 19.0 Å². The first-order chi connectivity index (χ1) is 8.52. The second-order valence-electron chi connectivity index (χ2n) is 4.02. The minimum absolute atomic E-state index is 0.105. The van der Waals surface area contributed by atoms with Crippen molar-refractivity contribution in [2.24, 2.45) is 0 Å². The van der Waals surface area contributed by atoms with Gasteiger partial charge in [0, 0.05) is 46.0 Å². The second kappa shape index (κ2) is 6.63. The third-order valence-corrected chi connectivity index (χ3v) is 2.19. The van der Waals surface area contributed by atoms with Crippen molar-refractivity contribution in [3.63, 3.8) is 0 Å². The first kappa shape index (κ1) is 14.0. The summed E-state index contributed by atoms with van der Waals surface area (Å²) in [6, 6.07) is 1.75. The third-order valence-electron chi connectivity index (χ3n) is 2.19. The van der Waals surface area contributed by atoms with Gasteiger partial charge in [-0.15, -0.1) is 0 Å². The average Bonchev–Trinajstić information content (AvgIpc) is 2.33. The molecule has 18 heavy (non-hydrogen) atoms. The lowest BCUT2D eigenvalue weighted by Gasteiger charge is -2.12. The van der Waals surface area contributed by atoms with Gasteiger partial charge in [0.2, 0.25) is 5.95 Å². The van der Waals surface area contributed by atoms with E-state index in [4.69, 9.17) is 0 Å². The van der Waals surface area contributed by atoms with Gasteiger partial charge < -0.3 is 20.9 Å². The van der Waals surface area contributed by atoms with Crippen molar-refractivity contribution in [1.82, 2.24) is 20.2 Å². The normalized spacial score (nSPS) is 9.78. The number of urea groups is 1. The molecule has 0 bridgehead atoms. The van der Waals surface area contributed by atoms with Crippen LogP contribution in [-0.2, 0) is 0 Å². The molecule has 0 aliphatic heterocycles. The zero-order valence-electron chi connectivity index (χ0n) is 11.2. The molecule has 0 spiro atoms. The zero-order chi connectivity index (χ0) is 13.5. The fourth-order valence-electron chi connectivity index (χ4n) is 1.29. The summed E-state index contributed by atoms with van der Waals surface area (Å²) >= 11 is 0. The van der Waals surface area contributed by atoms with E-state index in [2.05, 4.69) is 25.9 Å². The van der Waals surface area contributed by atoms with Crippen molar-refractivity contribution in [3.8, 4) is 0 Å². The van der Waals surface area contributed by atoms with Gasteiger partial charge >= 0.3 is 6.03 Å². The van der Waals surface area contributed by atoms with E-state index in [9.17, 15) is 4.79 Å². The number of hydrogen-bond donors (Lipinski definition) is 3. The number of aryl methyl sites for hydroxylation is 1. The van der Waals surface area contributed by atoms with Crippen LogP contribution in [0.3, 0.4) is 0 Å². The lowest BCUT2D eigenvalue weighted by atomic mass is 10.4. The van der Waals surface area contributed by atoms with E-state index >= 15 is 0 Å². The quantitative estimate of drug-likeness (QED) is 0.665. The van der Waals surface area contributed by atoms with Gasteiger partial charge in [-0.3, -0.25) is 0 Å². The molecule has 100 valence electrons. The van der Waals surface area contributed by atoms with Crippen molar-refractivity contribution in [2.75, 3.05) is 44.9 Å². The average molecular weight is 252 g/mol. The summed E-state index contributed by atoms with van der Waals surface area (Å²) in [7, 11) is 5.18. The number of carbonyl (C=O) groups is 1. The number of rotatable bonds is 5. The number of anilines is 2. The Morgan fingerprint density at radius 3 is 2.67 bits per heavy atom. The molecule has 3 N–H and O–H groups in total. The third kappa shape index (κ3) is 4.44. The molecule has 0 saturated carbocycles. The standard InChI is InChI=1S/C11H20N6O/c1-8-7-9(16-10(12-2)15-8)13-5-6-14-11(18)17(3)4/h7H,5-6H2,1-4H3,(H,14,18)(H2,12,13,15,16). The molecule has 0 aliphatic rings. The SMILES string of the molecule is CNc1nc(C)cc(NCCNC(=O)N(C)C)n1. The Hall–Kier alpha value is -2.05. The van der Waals surface area contributed by atoms with E-state index in [1.807, 2.05) is 13.0 Å². The van der Waals surface area contributed by atoms with E-state index in [0.717, 1.165) is 11.5 Å². The Bertz CT molecular complexity index is 407. The fraction of sp³-hybridized carbons (Fsp3) is 0.545. The predicted octanol–water partition coefficient (Wildman–Crippen LogP) is 0.510. The number of carbonyl (C=O) groups excluding carboxylic acids is 1. The maximum Gasteiger partial charge on any atom is 0.316 e. The van der Waals surface area contributed by atoms with Gasteiger partial charge in [-0.05, 0) is 6.92 Å². The zero-order valence-corrected chi connectivity index (χ0v) is 11.2. The monoisotopic (exact) mass is 252 g/mol. The molecule has 0 unspecified atom stereocenters. The molecule has 1 aromatic heterocycles. The lowest BCUT2D eigenvalue weighted by molar-refractivity contribution is 0.218. The minimum Gasteiger partial charge on any atom is -0.368 e. The van der Waals surface area contributed by atoms with Crippen molar-refractivity contribution in [1.29, 1.82) is 0 Å². The summed E-state index contributed by atoms with van der Waals surface area (Å²) in [5.74, 6) is 1.32. The van der Waals surface area contributed by atoms with Crippen molar-refractivity contribution in [3.05, 3.63) is 11.8 Å². The van der Waals surface area contributed by atoms with E-state index in [1.165, 1.54) is 4.90 Å². The molecule has 1 aromatic rings. The van der Waals surface area contributed by atoms with Crippen LogP contribution in [0.2, 0.25) is 0 Å². The van der Waals surface area contributed by atoms with Crippen LogP contribution in [0.1, 0.15) is 5.69 Å². The molecular formula is C11H20N6O. The minimum atomic E-state index is -0.105. The summed E-state index contributed by atoms with van der Waals surface area (Å²) in [6.07, 6.45) is 0. The molecule has 2 amide bonds. The highest BCUT2D eigenvalue weighted by Crippen LogP contribution is 2.08. The Kier molecular flexibility index (Phi) is 5.16. The van der Waals surface area contributed by atoms with E-state index in [-0.39, 0.29) is 6.03 Å². The topological polar surface area (TPSA) is 82.2 Å². The van der Waals surface area contributed by atoms with Crippen LogP contribution in [-0.4, -0.2) is 55.1 Å². The molecular weight excluding hydrogens is 232 g/mol. The highest BCUT2D eigenvalue weighted by Gasteiger charge is 2.02. The molecule has 0 saturated heterocycles. The summed E-state index contributed by atoms with van der Waals surface area (Å²) in [5.41, 5.74) is 0.883. The van der Waals surface area contributed by atoms with Crippen molar-refractivity contribution < 1.29 is 4.79 Å². The Balaban J connectivity index is 2.39. The van der Waals surface area contributed by atoms with Gasteiger partial charge in [-0.2, -0.15) is 4.98 Å². The van der Waals surface area contributed by atoms with Gasteiger partial charge in [0.25, 0.3) is 0 Å². The maximum atomic E-state index is 11.3. The van der Waals surface area contributed by atoms with Gasteiger partial charge in [0.1, 0.15) is 5.82 Å². The summed E-state index contributed by atoms with van der Waals surface area (Å²) in [6.45, 7) is 3.05. The smallest absolute Gasteiger partial charge is 0.316 e. The summed E-state index contributed by atoms with van der Waals surface area (Å²) < 4.78 is 0. The van der Waals surface area contributed by atoms with Crippen LogP contribution in [0, 0.1) is 6.92 Å². The fourth-order valence-corrected chi connectivity index (χ4v) is 1.29. The number of nitrogens with one attached hydrogen (secondary N) is 3. The van der Waals surface area contributed by atoms with Crippen LogP contribution >= 0.6 is 0 Å². The molecule has 0 aliphatic carbocycles. The van der Waals surface area contributed by atoms with Crippen LogP contribution in [0.5, 0.6) is 0 Å². The molecule has 0 atom stereocenters. The van der Waals surface area contributed by atoms with Gasteiger partial charge in [0.15, 0.2) is 0 Å². The summed E-state index contributed by atoms with van der Waals surface area (Å²) in [4.78, 5) is 21.2. The Morgan fingerprint density at radius 2 is 2.06 bits per heavy atom. The highest BCUT2D eigenvalue weighted by molar-refractivity contribution is 5.73. The Morgan fingerprint density at radius 1 is 1.33 bits per heavy atom. The van der Waals surface area contributed by atoms with E-state index < -0.39 is 0 Å². The van der Waals surface area contributed by atoms with Crippen LogP contribution in [0.4, 0.5) is 16.6 Å². The molecule has 0 fully saturated rings. The van der Waals surface area contributed by atoms with Gasteiger partial charge in [0.05, 0.1) is 0 Å². The lowest BCUT2D eigenvalue weighted by Crippen LogP contribution is -2.37. The summed E-state index contributed by atoms with van der Waals surface area (Å²) in [5, 5.41) is 8.78. The first-order valence-electron chi connectivity index (χ1n) is 5.75. The molecule has 0 radical (unpaired) electrons. The van der Waals surface area contributed by atoms with Crippen LogP contribution in [0.25, 0.3) is 0 Å². The number of hydrogen-bond acceptors (Lipinski definition) is 5. The maximum absolute atomic E-state index is 11.3. The van der Waals surface area contributed by atoms with Gasteiger partial charge in [-0.25, -0.2) is 9.78 Å². The number of nitrogens with zero attached hydrogens (tertiary/aromatic N) is 3. The van der Waals surface area contributed by atoms with Crippen LogP contribution in [0.15, 0.2) is 6.07 Å². The van der Waals surface area contributed by atoms with Crippen molar-refractivity contribution in [2.45, 2.75) is 6.92 Å². The van der Waals surface area contributed by atoms with Crippen molar-refractivity contribution >= 4 is 17.8 Å². The predicted molar refractivity (Wildman–Crippen MR) is 71.9 cm³/mol. The highest BCUT2D eigenvalue weighted by atomic mass is 16.2. The first-order valence-corrected chi connectivity index (χ1v) is 5.75. The van der Waals surface area contributed by atoms with E-state index in [1.54, 1.807) is 21.1 Å². The van der Waals surface area contributed by atoms with Crippen LogP contribution < -0.4 is 16.0 Å². The molecule has 1 heterocycles.